The number of rotatable bonds is 4. The average molecular weight is 220 g/mol. The summed E-state index contributed by atoms with van der Waals surface area (Å²) < 4.78 is 0. The normalized spacial score (nSPS) is 11.1. The maximum Gasteiger partial charge on any atom is -0.00977 e. The summed E-state index contributed by atoms with van der Waals surface area (Å²) in [4.78, 5) is 0. The van der Waals surface area contributed by atoms with Crippen molar-refractivity contribution < 1.29 is 0 Å². The van der Waals surface area contributed by atoms with E-state index in [-0.39, 0.29) is 0 Å². The summed E-state index contributed by atoms with van der Waals surface area (Å²) in [6.45, 7) is 19.9. The van der Waals surface area contributed by atoms with Crippen molar-refractivity contribution in [3.05, 3.63) is 61.3 Å². The molecular weight excluding hydrogens is 192 g/mol. The fraction of sp³-hybridized carbons (Fsp3) is 0.375. The van der Waals surface area contributed by atoms with Crippen molar-refractivity contribution in [2.45, 2.75) is 41.0 Å². The van der Waals surface area contributed by atoms with E-state index < -0.39 is 0 Å². The van der Waals surface area contributed by atoms with Crippen LogP contribution in [0.1, 0.15) is 41.0 Å². The van der Waals surface area contributed by atoms with E-state index in [1.807, 2.05) is 33.8 Å². The zero-order valence-electron chi connectivity index (χ0n) is 11.7. The van der Waals surface area contributed by atoms with Crippen LogP contribution in [0.25, 0.3) is 0 Å². The van der Waals surface area contributed by atoms with Crippen molar-refractivity contribution in [1.82, 2.24) is 0 Å². The Bertz CT molecular complexity index is 226. The Morgan fingerprint density at radius 1 is 1.12 bits per heavy atom. The topological polar surface area (TPSA) is 0 Å². The maximum absolute atomic E-state index is 3.77. The number of hydrogen-bond acceptors (Lipinski definition) is 0. The van der Waals surface area contributed by atoms with Gasteiger partial charge in [-0.05, 0) is 32.8 Å². The van der Waals surface area contributed by atoms with E-state index in [1.54, 1.807) is 0 Å². The van der Waals surface area contributed by atoms with E-state index in [0.29, 0.717) is 0 Å². The van der Waals surface area contributed by atoms with Crippen molar-refractivity contribution in [3.63, 3.8) is 0 Å². The second kappa shape index (κ2) is 19.3. The van der Waals surface area contributed by atoms with Crippen LogP contribution >= 0.6 is 0 Å². The molecule has 0 saturated heterocycles. The van der Waals surface area contributed by atoms with Gasteiger partial charge in [0.2, 0.25) is 0 Å². The van der Waals surface area contributed by atoms with Crippen LogP contribution in [0.15, 0.2) is 61.3 Å². The van der Waals surface area contributed by atoms with Gasteiger partial charge in [-0.1, -0.05) is 56.4 Å². The van der Waals surface area contributed by atoms with Crippen molar-refractivity contribution in [2.75, 3.05) is 0 Å². The van der Waals surface area contributed by atoms with Crippen LogP contribution in [0.2, 0.25) is 0 Å². The molecule has 0 bridgehead atoms. The molecule has 0 aromatic heterocycles. The molecule has 0 saturated carbocycles. The molecule has 0 aliphatic carbocycles. The molecule has 0 aliphatic heterocycles. The maximum atomic E-state index is 3.77. The second-order valence-electron chi connectivity index (χ2n) is 2.73. The fourth-order valence-corrected chi connectivity index (χ4v) is 0.831. The molecule has 0 N–H and O–H groups in total. The molecule has 0 radical (unpaired) electrons. The molecule has 92 valence electrons. The van der Waals surface area contributed by atoms with Gasteiger partial charge in [-0.2, -0.15) is 0 Å². The van der Waals surface area contributed by atoms with E-state index in [2.05, 4.69) is 51.0 Å². The monoisotopic (exact) mass is 220 g/mol. The predicted molar refractivity (Wildman–Crippen MR) is 79.7 cm³/mol. The van der Waals surface area contributed by atoms with Gasteiger partial charge in [-0.25, -0.2) is 0 Å². The number of hydrogen-bond donors (Lipinski definition) is 0. The van der Waals surface area contributed by atoms with Gasteiger partial charge in [0.25, 0.3) is 0 Å². The van der Waals surface area contributed by atoms with Gasteiger partial charge in [-0.3, -0.25) is 0 Å². The first-order valence-corrected chi connectivity index (χ1v) is 5.81. The Balaban J connectivity index is -0.000000376. The minimum Gasteiger partial charge on any atom is -0.106 e. The van der Waals surface area contributed by atoms with E-state index in [0.717, 1.165) is 6.42 Å². The minimum atomic E-state index is 0.977. The summed E-state index contributed by atoms with van der Waals surface area (Å²) in [6, 6.07) is 0. The molecule has 0 rings (SSSR count). The molecule has 0 spiro atoms. The summed E-state index contributed by atoms with van der Waals surface area (Å²) in [7, 11) is 0. The first-order chi connectivity index (χ1) is 7.74. The van der Waals surface area contributed by atoms with Crippen LogP contribution in [0.3, 0.4) is 0 Å². The minimum absolute atomic E-state index is 0.977. The van der Waals surface area contributed by atoms with Crippen LogP contribution in [0.5, 0.6) is 0 Å². The smallest absolute Gasteiger partial charge is 0.00977 e. The van der Waals surface area contributed by atoms with Gasteiger partial charge < -0.3 is 0 Å². The molecule has 0 amide bonds. The second-order valence-corrected chi connectivity index (χ2v) is 2.73. The van der Waals surface area contributed by atoms with Gasteiger partial charge in [-0.15, -0.1) is 13.2 Å². The lowest BCUT2D eigenvalue weighted by Crippen LogP contribution is -1.76. The average Bonchev–Trinajstić information content (AvgIpc) is 2.38. The molecule has 0 aliphatic rings. The van der Waals surface area contributed by atoms with Gasteiger partial charge >= 0.3 is 0 Å². The molecule has 0 aromatic carbocycles. The first kappa shape index (κ1) is 20.2. The van der Waals surface area contributed by atoms with Crippen molar-refractivity contribution in [3.8, 4) is 0 Å². The van der Waals surface area contributed by atoms with Crippen LogP contribution in [-0.2, 0) is 0 Å². The summed E-state index contributed by atoms with van der Waals surface area (Å²) in [6.07, 6.45) is 11.3. The third-order valence-electron chi connectivity index (χ3n) is 1.72. The molecular formula is C16H28. The summed E-state index contributed by atoms with van der Waals surface area (Å²) in [5.41, 5.74) is 2.55. The van der Waals surface area contributed by atoms with Crippen LogP contribution in [-0.4, -0.2) is 0 Å². The van der Waals surface area contributed by atoms with Crippen LogP contribution in [0.4, 0.5) is 0 Å². The van der Waals surface area contributed by atoms with Gasteiger partial charge in [0.1, 0.15) is 0 Å². The standard InChI is InChI=1S/C12H18.C2H6.C2H4/c1-5-8-9-12(7-3)10-11(4)6-2;2*1-2/h5-8,10H,3,9H2,1-2,4H3;1-2H3;1-2H2/b8-5-,11-6-,12-10+;;. The van der Waals surface area contributed by atoms with Crippen LogP contribution < -0.4 is 0 Å². The van der Waals surface area contributed by atoms with Crippen LogP contribution in [0, 0.1) is 0 Å². The number of allylic oxidation sites excluding steroid dienone is 7. The molecule has 0 heteroatoms. The molecule has 0 heterocycles. The van der Waals surface area contributed by atoms with Crippen molar-refractivity contribution in [2.24, 2.45) is 0 Å². The van der Waals surface area contributed by atoms with E-state index in [4.69, 9.17) is 0 Å². The van der Waals surface area contributed by atoms with E-state index in [1.165, 1.54) is 11.1 Å². The zero-order chi connectivity index (χ0) is 13.4. The molecule has 0 unspecified atom stereocenters. The van der Waals surface area contributed by atoms with Gasteiger partial charge in [0.15, 0.2) is 0 Å². The summed E-state index contributed by atoms with van der Waals surface area (Å²) in [5, 5.41) is 0. The quantitative estimate of drug-likeness (QED) is 0.411. The Morgan fingerprint density at radius 3 is 1.94 bits per heavy atom. The Morgan fingerprint density at radius 2 is 1.62 bits per heavy atom. The Hall–Kier alpha value is -1.30. The first-order valence-electron chi connectivity index (χ1n) is 5.81. The Labute approximate surface area is 103 Å². The highest BCUT2D eigenvalue weighted by atomic mass is 13.9. The molecule has 0 aromatic rings. The highest BCUT2D eigenvalue weighted by Crippen LogP contribution is 2.07. The van der Waals surface area contributed by atoms with Gasteiger partial charge in [0, 0.05) is 0 Å². The SMILES string of the molecule is C=C.C=C/C(=C\C(C)=C/C)C/C=C\C.CC. The highest BCUT2D eigenvalue weighted by Gasteiger charge is 1.87. The van der Waals surface area contributed by atoms with E-state index >= 15 is 0 Å². The zero-order valence-corrected chi connectivity index (χ0v) is 11.7. The summed E-state index contributed by atoms with van der Waals surface area (Å²) in [5.74, 6) is 0. The molecule has 16 heavy (non-hydrogen) atoms. The van der Waals surface area contributed by atoms with E-state index in [9.17, 15) is 0 Å². The lowest BCUT2D eigenvalue weighted by atomic mass is 10.1. The Kier molecular flexibility index (Phi) is 24.3. The summed E-state index contributed by atoms with van der Waals surface area (Å²) >= 11 is 0. The van der Waals surface area contributed by atoms with Crippen molar-refractivity contribution >= 4 is 0 Å². The highest BCUT2D eigenvalue weighted by molar-refractivity contribution is 5.29. The molecule has 0 atom stereocenters. The predicted octanol–water partition coefficient (Wildman–Crippen LogP) is 5.86. The lowest BCUT2D eigenvalue weighted by Gasteiger charge is -1.96. The fourth-order valence-electron chi connectivity index (χ4n) is 0.831. The molecule has 0 fully saturated rings. The largest absolute Gasteiger partial charge is 0.106 e. The molecule has 0 nitrogen and oxygen atoms in total. The van der Waals surface area contributed by atoms with Gasteiger partial charge in [0.05, 0.1) is 0 Å². The third-order valence-corrected chi connectivity index (χ3v) is 1.72. The van der Waals surface area contributed by atoms with Crippen molar-refractivity contribution in [1.29, 1.82) is 0 Å². The lowest BCUT2D eigenvalue weighted by molar-refractivity contribution is 1.26. The third kappa shape index (κ3) is 15.2.